The lowest BCUT2D eigenvalue weighted by Gasteiger charge is -2.17. The summed E-state index contributed by atoms with van der Waals surface area (Å²) in [4.78, 5) is 13.8. The quantitative estimate of drug-likeness (QED) is 0.733. The number of carbonyl (C=O) groups excluding carboxylic acids is 1. The van der Waals surface area contributed by atoms with Crippen LogP contribution in [0.5, 0.6) is 0 Å². The van der Waals surface area contributed by atoms with Gasteiger partial charge in [0.15, 0.2) is 0 Å². The van der Waals surface area contributed by atoms with Crippen molar-refractivity contribution in [2.45, 2.75) is 26.4 Å². The predicted octanol–water partition coefficient (Wildman–Crippen LogP) is 1.58. The minimum absolute atomic E-state index is 0.108. The Morgan fingerprint density at radius 1 is 1.45 bits per heavy atom. The molecule has 0 unspecified atom stereocenters. The van der Waals surface area contributed by atoms with Crippen LogP contribution in [-0.2, 0) is 24.9 Å². The van der Waals surface area contributed by atoms with Crippen LogP contribution in [0.2, 0.25) is 0 Å². The van der Waals surface area contributed by atoms with Crippen LogP contribution in [0, 0.1) is 10.5 Å². The molecule has 0 bridgehead atoms. The second kappa shape index (κ2) is 6.38. The molecular formula is C13H18IN5O. The van der Waals surface area contributed by atoms with Crippen molar-refractivity contribution in [3.05, 3.63) is 33.4 Å². The van der Waals surface area contributed by atoms with Gasteiger partial charge in [-0.05, 0) is 35.6 Å². The van der Waals surface area contributed by atoms with E-state index in [-0.39, 0.29) is 5.91 Å². The molecule has 108 valence electrons. The van der Waals surface area contributed by atoms with E-state index in [4.69, 9.17) is 0 Å². The fraction of sp³-hybridized carbons (Fsp3) is 0.462. The number of carbonyl (C=O) groups is 1. The van der Waals surface area contributed by atoms with E-state index in [1.807, 2.05) is 38.0 Å². The van der Waals surface area contributed by atoms with Crippen LogP contribution in [0.25, 0.3) is 0 Å². The third kappa shape index (κ3) is 3.38. The molecule has 0 saturated carbocycles. The molecule has 0 aromatic carbocycles. The Morgan fingerprint density at radius 3 is 2.75 bits per heavy atom. The zero-order valence-corrected chi connectivity index (χ0v) is 14.0. The first kappa shape index (κ1) is 15.0. The Labute approximate surface area is 131 Å². The van der Waals surface area contributed by atoms with Gasteiger partial charge in [0, 0.05) is 39.0 Å². The summed E-state index contributed by atoms with van der Waals surface area (Å²) < 4.78 is 4.78. The van der Waals surface area contributed by atoms with Gasteiger partial charge in [0.25, 0.3) is 0 Å². The average Bonchev–Trinajstić information content (AvgIpc) is 2.96. The topological polar surface area (TPSA) is 56.0 Å². The van der Waals surface area contributed by atoms with E-state index in [1.54, 1.807) is 15.8 Å². The molecule has 2 aromatic rings. The minimum atomic E-state index is 0.108. The van der Waals surface area contributed by atoms with E-state index >= 15 is 0 Å². The second-order valence-corrected chi connectivity index (χ2v) is 5.91. The fourth-order valence-electron chi connectivity index (χ4n) is 1.93. The highest BCUT2D eigenvalue weighted by molar-refractivity contribution is 14.1. The monoisotopic (exact) mass is 387 g/mol. The number of aryl methyl sites for hydroxylation is 2. The maximum Gasteiger partial charge on any atom is 0.224 e. The highest BCUT2D eigenvalue weighted by Crippen LogP contribution is 2.10. The molecular weight excluding hydrogens is 369 g/mol. The van der Waals surface area contributed by atoms with Crippen LogP contribution in [0.3, 0.4) is 0 Å². The summed E-state index contributed by atoms with van der Waals surface area (Å²) in [6, 6.07) is 1.92. The Bertz CT molecular complexity index is 604. The Kier molecular flexibility index (Phi) is 4.79. The molecule has 0 saturated heterocycles. The molecule has 0 N–H and O–H groups in total. The number of amides is 1. The van der Waals surface area contributed by atoms with E-state index in [9.17, 15) is 4.79 Å². The average molecular weight is 387 g/mol. The lowest BCUT2D eigenvalue weighted by Crippen LogP contribution is -2.28. The number of nitrogens with zero attached hydrogens (tertiary/aromatic N) is 5. The van der Waals surface area contributed by atoms with Crippen molar-refractivity contribution in [1.29, 1.82) is 0 Å². The third-order valence-electron chi connectivity index (χ3n) is 3.33. The smallest absolute Gasteiger partial charge is 0.224 e. The molecule has 0 fully saturated rings. The lowest BCUT2D eigenvalue weighted by molar-refractivity contribution is -0.130. The number of hydrogen-bond donors (Lipinski definition) is 0. The molecule has 0 aliphatic carbocycles. The van der Waals surface area contributed by atoms with Crippen molar-refractivity contribution in [2.75, 3.05) is 7.05 Å². The van der Waals surface area contributed by atoms with E-state index in [1.165, 1.54) is 0 Å². The van der Waals surface area contributed by atoms with Gasteiger partial charge in [-0.15, -0.1) is 0 Å². The van der Waals surface area contributed by atoms with Crippen molar-refractivity contribution in [2.24, 2.45) is 7.05 Å². The van der Waals surface area contributed by atoms with Crippen molar-refractivity contribution in [3.8, 4) is 0 Å². The van der Waals surface area contributed by atoms with Crippen LogP contribution < -0.4 is 0 Å². The van der Waals surface area contributed by atoms with Crippen molar-refractivity contribution in [3.63, 3.8) is 0 Å². The number of hydrogen-bond acceptors (Lipinski definition) is 3. The van der Waals surface area contributed by atoms with Crippen LogP contribution in [-0.4, -0.2) is 37.4 Å². The van der Waals surface area contributed by atoms with E-state index in [2.05, 4.69) is 32.8 Å². The van der Waals surface area contributed by atoms with Crippen LogP contribution in [0.15, 0.2) is 18.5 Å². The van der Waals surface area contributed by atoms with Gasteiger partial charge in [0.2, 0.25) is 5.91 Å². The zero-order valence-electron chi connectivity index (χ0n) is 11.9. The van der Waals surface area contributed by atoms with Crippen molar-refractivity contribution >= 4 is 28.5 Å². The second-order valence-electron chi connectivity index (χ2n) is 4.75. The van der Waals surface area contributed by atoms with Gasteiger partial charge >= 0.3 is 0 Å². The molecule has 1 amide bonds. The van der Waals surface area contributed by atoms with Crippen LogP contribution in [0.1, 0.15) is 17.8 Å². The van der Waals surface area contributed by atoms with Gasteiger partial charge < -0.3 is 4.90 Å². The van der Waals surface area contributed by atoms with E-state index < -0.39 is 0 Å². The summed E-state index contributed by atoms with van der Waals surface area (Å²) in [6.45, 7) is 3.20. The summed E-state index contributed by atoms with van der Waals surface area (Å²) in [5.41, 5.74) is 2.12. The standard InChI is InChI=1S/C13H18IN5O/c1-10-12(14)8-16-19(10)7-5-13(20)17(2)9-11-4-6-15-18(11)3/h4,6,8H,5,7,9H2,1-3H3. The normalized spacial score (nSPS) is 10.8. The molecule has 2 rings (SSSR count). The number of halogens is 1. The first-order valence-electron chi connectivity index (χ1n) is 6.37. The number of rotatable bonds is 5. The summed E-state index contributed by atoms with van der Waals surface area (Å²) in [5.74, 6) is 0.108. The Balaban J connectivity index is 1.88. The predicted molar refractivity (Wildman–Crippen MR) is 84.0 cm³/mol. The molecule has 0 spiro atoms. The van der Waals surface area contributed by atoms with Gasteiger partial charge in [-0.2, -0.15) is 10.2 Å². The molecule has 20 heavy (non-hydrogen) atoms. The fourth-order valence-corrected chi connectivity index (χ4v) is 2.33. The molecule has 0 aliphatic rings. The first-order chi connectivity index (χ1) is 9.49. The first-order valence-corrected chi connectivity index (χ1v) is 7.45. The SMILES string of the molecule is Cc1c(I)cnn1CCC(=O)N(C)Cc1ccnn1C. The third-order valence-corrected chi connectivity index (χ3v) is 4.39. The maximum atomic E-state index is 12.1. The molecule has 2 aromatic heterocycles. The molecule has 0 atom stereocenters. The van der Waals surface area contributed by atoms with Gasteiger partial charge in [-0.3, -0.25) is 14.2 Å². The largest absolute Gasteiger partial charge is 0.340 e. The van der Waals surface area contributed by atoms with Crippen LogP contribution in [0.4, 0.5) is 0 Å². The summed E-state index contributed by atoms with van der Waals surface area (Å²) in [6.07, 6.45) is 4.01. The molecule has 7 heteroatoms. The minimum Gasteiger partial charge on any atom is -0.340 e. The zero-order chi connectivity index (χ0) is 14.7. The lowest BCUT2D eigenvalue weighted by atomic mass is 10.3. The molecule has 6 nitrogen and oxygen atoms in total. The van der Waals surface area contributed by atoms with Gasteiger partial charge in [0.05, 0.1) is 22.0 Å². The highest BCUT2D eigenvalue weighted by Gasteiger charge is 2.12. The number of aromatic nitrogens is 4. The molecule has 2 heterocycles. The van der Waals surface area contributed by atoms with Gasteiger partial charge in [0.1, 0.15) is 0 Å². The van der Waals surface area contributed by atoms with Crippen LogP contribution >= 0.6 is 22.6 Å². The Morgan fingerprint density at radius 2 is 2.20 bits per heavy atom. The van der Waals surface area contributed by atoms with Gasteiger partial charge in [-0.1, -0.05) is 0 Å². The van der Waals surface area contributed by atoms with Gasteiger partial charge in [-0.25, -0.2) is 0 Å². The Hall–Kier alpha value is -1.38. The molecule has 0 radical (unpaired) electrons. The summed E-state index contributed by atoms with van der Waals surface area (Å²) in [7, 11) is 3.69. The molecule has 0 aliphatic heterocycles. The highest BCUT2D eigenvalue weighted by atomic mass is 127. The van der Waals surface area contributed by atoms with E-state index in [0.29, 0.717) is 19.5 Å². The summed E-state index contributed by atoms with van der Waals surface area (Å²) >= 11 is 2.25. The maximum absolute atomic E-state index is 12.1. The van der Waals surface area contributed by atoms with Crippen molar-refractivity contribution < 1.29 is 4.79 Å². The van der Waals surface area contributed by atoms with Crippen molar-refractivity contribution in [1.82, 2.24) is 24.5 Å². The van der Waals surface area contributed by atoms with E-state index in [0.717, 1.165) is 15.0 Å². The summed E-state index contributed by atoms with van der Waals surface area (Å²) in [5, 5.41) is 8.36.